The fourth-order valence-electron chi connectivity index (χ4n) is 4.95. The van der Waals surface area contributed by atoms with Crippen LogP contribution in [-0.4, -0.2) is 30.7 Å². The lowest BCUT2D eigenvalue weighted by atomic mass is 10.1. The molecule has 0 aliphatic heterocycles. The number of carbonyl (C=O) groups excluding carboxylic acids is 1. The molecule has 0 unspecified atom stereocenters. The molecule has 0 spiro atoms. The van der Waals surface area contributed by atoms with Crippen LogP contribution in [0.25, 0.3) is 16.7 Å². The quantitative estimate of drug-likeness (QED) is 0.428. The molecule has 5 rings (SSSR count). The first-order chi connectivity index (χ1) is 17.3. The molecule has 1 saturated carbocycles. The molecule has 2 heterocycles. The Bertz CT molecular complexity index is 1540. The number of benzene rings is 2. The molecule has 1 fully saturated rings. The van der Waals surface area contributed by atoms with Gasteiger partial charge in [0.2, 0.25) is 5.78 Å². The van der Waals surface area contributed by atoms with Gasteiger partial charge in [-0.15, -0.1) is 5.10 Å². The molecule has 1 aliphatic carbocycles. The van der Waals surface area contributed by atoms with Crippen molar-refractivity contribution in [2.45, 2.75) is 72.0 Å². The molecule has 0 bridgehead atoms. The van der Waals surface area contributed by atoms with Crippen molar-refractivity contribution >= 4 is 22.6 Å². The predicted molar refractivity (Wildman–Crippen MR) is 141 cm³/mol. The molecular weight excluding hydrogens is 454 g/mol. The second-order valence-electron chi connectivity index (χ2n) is 10.4. The van der Waals surface area contributed by atoms with Crippen LogP contribution >= 0.6 is 0 Å². The largest absolute Gasteiger partial charge is 0.352 e. The molecule has 4 aromatic rings. The van der Waals surface area contributed by atoms with Crippen LogP contribution in [0, 0.1) is 12.8 Å². The lowest BCUT2D eigenvalue weighted by molar-refractivity contribution is 0.0938. The molecule has 8 nitrogen and oxygen atoms in total. The second kappa shape index (κ2) is 9.76. The maximum Gasteiger partial charge on any atom is 0.352 e. The number of aryl methyl sites for hydroxylation is 2. The second-order valence-corrected chi connectivity index (χ2v) is 10.4. The summed E-state index contributed by atoms with van der Waals surface area (Å²) in [4.78, 5) is 40.1. The van der Waals surface area contributed by atoms with Gasteiger partial charge in [0.05, 0.1) is 17.4 Å². The number of fused-ring (bicyclic) bond motifs is 3. The predicted octanol–water partition coefficient (Wildman–Crippen LogP) is 3.89. The number of carbonyl (C=O) groups is 1. The summed E-state index contributed by atoms with van der Waals surface area (Å²) >= 11 is 0. The zero-order valence-electron chi connectivity index (χ0n) is 21.2. The molecule has 1 N–H and O–H groups in total. The molecule has 0 atom stereocenters. The van der Waals surface area contributed by atoms with Crippen LogP contribution in [0.4, 0.5) is 0 Å². The normalized spacial score (nSPS) is 14.3. The van der Waals surface area contributed by atoms with E-state index in [0.29, 0.717) is 41.3 Å². The summed E-state index contributed by atoms with van der Waals surface area (Å²) in [6.45, 7) is 6.96. The highest BCUT2D eigenvalue weighted by molar-refractivity contribution is 5.98. The van der Waals surface area contributed by atoms with E-state index in [1.165, 1.54) is 9.08 Å². The minimum atomic E-state index is -0.331. The van der Waals surface area contributed by atoms with Gasteiger partial charge in [0.25, 0.3) is 11.5 Å². The Hall–Kier alpha value is -3.68. The number of amides is 1. The fourth-order valence-corrected chi connectivity index (χ4v) is 4.95. The zero-order valence-corrected chi connectivity index (χ0v) is 21.2. The Labute approximate surface area is 209 Å². The van der Waals surface area contributed by atoms with Gasteiger partial charge in [-0.3, -0.25) is 14.2 Å². The number of rotatable bonds is 7. The molecular formula is C28H33N5O3. The molecule has 2 aromatic heterocycles. The van der Waals surface area contributed by atoms with E-state index in [2.05, 4.69) is 24.3 Å². The minimum absolute atomic E-state index is 0.178. The van der Waals surface area contributed by atoms with Crippen molar-refractivity contribution in [2.75, 3.05) is 0 Å². The summed E-state index contributed by atoms with van der Waals surface area (Å²) < 4.78 is 4.47. The molecule has 36 heavy (non-hydrogen) atoms. The smallest absolute Gasteiger partial charge is 0.349 e. The van der Waals surface area contributed by atoms with E-state index in [1.54, 1.807) is 22.8 Å². The van der Waals surface area contributed by atoms with Crippen LogP contribution in [0.1, 0.15) is 67.4 Å². The lowest BCUT2D eigenvalue weighted by Gasteiger charge is -2.14. The van der Waals surface area contributed by atoms with Crippen LogP contribution < -0.4 is 16.6 Å². The topological polar surface area (TPSA) is 90.4 Å². The Morgan fingerprint density at radius 2 is 1.81 bits per heavy atom. The van der Waals surface area contributed by atoms with Gasteiger partial charge < -0.3 is 5.32 Å². The Balaban J connectivity index is 1.65. The van der Waals surface area contributed by atoms with Crippen LogP contribution in [0.5, 0.6) is 0 Å². The van der Waals surface area contributed by atoms with E-state index >= 15 is 0 Å². The Morgan fingerprint density at radius 3 is 2.50 bits per heavy atom. The van der Waals surface area contributed by atoms with Gasteiger partial charge in [-0.05, 0) is 55.9 Å². The van der Waals surface area contributed by atoms with E-state index in [0.717, 1.165) is 43.2 Å². The maximum absolute atomic E-state index is 13.6. The van der Waals surface area contributed by atoms with E-state index < -0.39 is 0 Å². The van der Waals surface area contributed by atoms with Crippen molar-refractivity contribution in [2.24, 2.45) is 5.92 Å². The highest BCUT2D eigenvalue weighted by atomic mass is 16.2. The van der Waals surface area contributed by atoms with Gasteiger partial charge in [0.15, 0.2) is 0 Å². The third-order valence-corrected chi connectivity index (χ3v) is 7.11. The Morgan fingerprint density at radius 1 is 1.08 bits per heavy atom. The number of nitrogens with zero attached hydrogens (tertiary/aromatic N) is 4. The maximum atomic E-state index is 13.6. The van der Waals surface area contributed by atoms with Gasteiger partial charge in [0.1, 0.15) is 0 Å². The molecule has 0 radical (unpaired) electrons. The highest BCUT2D eigenvalue weighted by Crippen LogP contribution is 2.20. The molecule has 2 aromatic carbocycles. The lowest BCUT2D eigenvalue weighted by Crippen LogP contribution is -2.33. The van der Waals surface area contributed by atoms with E-state index in [-0.39, 0.29) is 23.2 Å². The summed E-state index contributed by atoms with van der Waals surface area (Å²) in [5.74, 6) is 0.510. The summed E-state index contributed by atoms with van der Waals surface area (Å²) in [6, 6.07) is 13.1. The molecule has 0 saturated heterocycles. The third kappa shape index (κ3) is 4.59. The SMILES string of the molecule is Cc1ccc(Cn2nc3n(CCC(C)C)c(=O)c4ccc(C(=O)NC5CCCC5)cc4n3c2=O)cc1. The third-order valence-electron chi connectivity index (χ3n) is 7.11. The number of aromatic nitrogens is 4. The number of hydrogen-bond acceptors (Lipinski definition) is 4. The zero-order chi connectivity index (χ0) is 25.4. The fraction of sp³-hybridized carbons (Fsp3) is 0.429. The van der Waals surface area contributed by atoms with Gasteiger partial charge >= 0.3 is 5.69 Å². The molecule has 1 aliphatic rings. The number of hydrogen-bond donors (Lipinski definition) is 1. The van der Waals surface area contributed by atoms with Crippen molar-refractivity contribution in [1.82, 2.24) is 24.1 Å². The van der Waals surface area contributed by atoms with Crippen molar-refractivity contribution in [3.63, 3.8) is 0 Å². The first-order valence-corrected chi connectivity index (χ1v) is 12.8. The van der Waals surface area contributed by atoms with Gasteiger partial charge in [0, 0.05) is 18.2 Å². The molecule has 1 amide bonds. The van der Waals surface area contributed by atoms with E-state index in [1.807, 2.05) is 31.2 Å². The summed E-state index contributed by atoms with van der Waals surface area (Å²) in [7, 11) is 0. The average Bonchev–Trinajstić information content (AvgIpc) is 3.48. The summed E-state index contributed by atoms with van der Waals surface area (Å²) in [6.07, 6.45) is 4.98. The number of nitrogens with one attached hydrogen (secondary N) is 1. The van der Waals surface area contributed by atoms with Crippen molar-refractivity contribution in [1.29, 1.82) is 0 Å². The first-order valence-electron chi connectivity index (χ1n) is 12.8. The van der Waals surface area contributed by atoms with Crippen LogP contribution in [-0.2, 0) is 13.1 Å². The first kappa shape index (κ1) is 24.0. The standard InChI is InChI=1S/C28H33N5O3/c1-18(2)14-15-31-26(35)23-13-12-21(25(34)29-22-6-4-5-7-22)16-24(23)33-27(31)30-32(28(33)36)17-20-10-8-19(3)9-11-20/h8-13,16,18,22H,4-7,14-15,17H2,1-3H3,(H,29,34). The van der Waals surface area contributed by atoms with Crippen LogP contribution in [0.3, 0.4) is 0 Å². The average molecular weight is 488 g/mol. The summed E-state index contributed by atoms with van der Waals surface area (Å²) in [5.41, 5.74) is 2.40. The highest BCUT2D eigenvalue weighted by Gasteiger charge is 2.21. The van der Waals surface area contributed by atoms with Crippen molar-refractivity contribution in [3.8, 4) is 0 Å². The van der Waals surface area contributed by atoms with Crippen molar-refractivity contribution < 1.29 is 4.79 Å². The van der Waals surface area contributed by atoms with E-state index in [9.17, 15) is 14.4 Å². The van der Waals surface area contributed by atoms with Crippen molar-refractivity contribution in [3.05, 3.63) is 80.0 Å². The van der Waals surface area contributed by atoms with Crippen LogP contribution in [0.15, 0.2) is 52.1 Å². The monoisotopic (exact) mass is 487 g/mol. The van der Waals surface area contributed by atoms with Gasteiger partial charge in [-0.2, -0.15) is 0 Å². The molecule has 8 heteroatoms. The molecule has 188 valence electrons. The summed E-state index contributed by atoms with van der Waals surface area (Å²) in [5, 5.41) is 8.10. The van der Waals surface area contributed by atoms with E-state index in [4.69, 9.17) is 0 Å². The van der Waals surface area contributed by atoms with Crippen LogP contribution in [0.2, 0.25) is 0 Å². The minimum Gasteiger partial charge on any atom is -0.349 e. The Kier molecular flexibility index (Phi) is 6.51. The van der Waals surface area contributed by atoms with Gasteiger partial charge in [-0.25, -0.2) is 13.9 Å². The van der Waals surface area contributed by atoms with Gasteiger partial charge in [-0.1, -0.05) is 56.5 Å².